The van der Waals surface area contributed by atoms with Gasteiger partial charge in [0.15, 0.2) is 0 Å². The van der Waals surface area contributed by atoms with E-state index >= 15 is 0 Å². The van der Waals surface area contributed by atoms with Gasteiger partial charge in [0.05, 0.1) is 52.1 Å². The summed E-state index contributed by atoms with van der Waals surface area (Å²) in [4.78, 5) is 30.6. The van der Waals surface area contributed by atoms with Crippen LogP contribution in [0.3, 0.4) is 0 Å². The maximum Gasteiger partial charge on any atom is 0.409 e. The normalized spacial score (nSPS) is 17.7. The minimum atomic E-state index is -1.66. The van der Waals surface area contributed by atoms with Crippen molar-refractivity contribution in [2.45, 2.75) is 50.6 Å². The number of fused-ring (bicyclic) bond motifs is 1. The Balaban J connectivity index is 1.58. The minimum Gasteiger partial charge on any atom is -0.446 e. The number of hydrogen-bond acceptors (Lipinski definition) is 8. The maximum atomic E-state index is 14.2. The second-order valence-corrected chi connectivity index (χ2v) is 10.1. The summed E-state index contributed by atoms with van der Waals surface area (Å²) in [5.41, 5.74) is 1.38. The van der Waals surface area contributed by atoms with Crippen LogP contribution in [0.5, 0.6) is 0 Å². The van der Waals surface area contributed by atoms with Crippen molar-refractivity contribution in [2.24, 2.45) is 0 Å². The monoisotopic (exact) mass is 523 g/mol. The summed E-state index contributed by atoms with van der Waals surface area (Å²) in [6.45, 7) is 2.29. The van der Waals surface area contributed by atoms with Crippen LogP contribution < -0.4 is 10.6 Å². The van der Waals surface area contributed by atoms with Gasteiger partial charge in [0.25, 0.3) is 5.91 Å². The summed E-state index contributed by atoms with van der Waals surface area (Å²) < 4.78 is 21.3. The molecular weight excluding hydrogens is 493 g/mol. The molecule has 0 aromatic carbocycles. The van der Waals surface area contributed by atoms with Gasteiger partial charge in [-0.05, 0) is 38.1 Å². The quantitative estimate of drug-likeness (QED) is 0.409. The lowest BCUT2D eigenvalue weighted by atomic mass is 9.89. The lowest BCUT2D eigenvalue weighted by Crippen LogP contribution is -2.44. The number of aromatic nitrogens is 3. The molecule has 0 spiro atoms. The Hall–Kier alpha value is -4.24. The number of carbonyl (C=O) groups excluding carboxylic acids is 2. The van der Waals surface area contributed by atoms with Gasteiger partial charge in [0.1, 0.15) is 18.3 Å². The number of halogens is 1. The Morgan fingerprint density at radius 2 is 2.05 bits per heavy atom. The Bertz CT molecular complexity index is 1390. The lowest BCUT2D eigenvalue weighted by molar-refractivity contribution is -0.00178. The van der Waals surface area contributed by atoms with Gasteiger partial charge in [-0.3, -0.25) is 9.78 Å². The molecule has 0 radical (unpaired) electrons. The number of carbonyl (C=O) groups is 2. The summed E-state index contributed by atoms with van der Waals surface area (Å²) in [5.74, 6) is -0.551. The third-order valence-corrected chi connectivity index (χ3v) is 6.34. The number of amides is 2. The van der Waals surface area contributed by atoms with E-state index in [1.165, 1.54) is 31.1 Å². The first-order chi connectivity index (χ1) is 18.0. The van der Waals surface area contributed by atoms with Gasteiger partial charge in [-0.25, -0.2) is 13.7 Å². The van der Waals surface area contributed by atoms with Crippen LogP contribution in [0.4, 0.5) is 14.9 Å². The van der Waals surface area contributed by atoms with Crippen LogP contribution >= 0.6 is 0 Å². The predicted molar refractivity (Wildman–Crippen MR) is 137 cm³/mol. The average Bonchev–Trinajstić information content (AvgIpc) is 3.28. The molecule has 3 aromatic rings. The van der Waals surface area contributed by atoms with Crippen molar-refractivity contribution in [1.29, 1.82) is 5.26 Å². The maximum absolute atomic E-state index is 14.2. The third kappa shape index (κ3) is 5.84. The first-order valence-electron chi connectivity index (χ1n) is 12.1. The summed E-state index contributed by atoms with van der Waals surface area (Å²) in [6.07, 6.45) is 1.64. The number of nitriles is 1. The molecular formula is C26H30FN7O4. The average molecular weight is 524 g/mol. The highest BCUT2D eigenvalue weighted by Gasteiger charge is 2.34. The minimum absolute atomic E-state index is 0.0672. The number of ether oxygens (including phenoxy) is 1. The number of nitrogens with zero attached hydrogens (tertiary/aromatic N) is 5. The highest BCUT2D eigenvalue weighted by Crippen LogP contribution is 2.31. The SMILES string of the molecule is CN(C)C(=O)OC1CC(Nc2cc(-c3ccc4cc(C#N)cnn34)ncc2C(=O)NC[C@@H](F)C(C)(C)O)C1. The zero-order valence-electron chi connectivity index (χ0n) is 21.6. The zero-order chi connectivity index (χ0) is 27.6. The van der Waals surface area contributed by atoms with Crippen molar-refractivity contribution >= 4 is 23.2 Å². The van der Waals surface area contributed by atoms with Gasteiger partial charge < -0.3 is 25.4 Å². The Morgan fingerprint density at radius 3 is 2.71 bits per heavy atom. The van der Waals surface area contributed by atoms with Crippen LogP contribution in [0.2, 0.25) is 0 Å². The second kappa shape index (κ2) is 10.6. The fraction of sp³-hybridized carbons (Fsp3) is 0.423. The molecule has 0 bridgehead atoms. The van der Waals surface area contributed by atoms with E-state index in [1.807, 2.05) is 12.1 Å². The third-order valence-electron chi connectivity index (χ3n) is 6.34. The highest BCUT2D eigenvalue weighted by atomic mass is 19.1. The molecule has 0 unspecified atom stereocenters. The molecule has 4 rings (SSSR count). The van der Waals surface area contributed by atoms with Gasteiger partial charge in [-0.1, -0.05) is 0 Å². The molecule has 1 atom stereocenters. The molecule has 1 aliphatic rings. The molecule has 0 aliphatic heterocycles. The van der Waals surface area contributed by atoms with E-state index in [0.717, 1.165) is 0 Å². The fourth-order valence-corrected chi connectivity index (χ4v) is 3.92. The van der Waals surface area contributed by atoms with E-state index in [9.17, 15) is 19.1 Å². The largest absolute Gasteiger partial charge is 0.446 e. The molecule has 3 aromatic heterocycles. The fourth-order valence-electron chi connectivity index (χ4n) is 3.92. The van der Waals surface area contributed by atoms with Gasteiger partial charge >= 0.3 is 6.09 Å². The number of aliphatic hydroxyl groups is 1. The van der Waals surface area contributed by atoms with Crippen molar-refractivity contribution in [2.75, 3.05) is 26.0 Å². The topological polar surface area (TPSA) is 145 Å². The molecule has 200 valence electrons. The number of hydrogen-bond donors (Lipinski definition) is 3. The van der Waals surface area contributed by atoms with Crippen LogP contribution in [0.1, 0.15) is 42.6 Å². The van der Waals surface area contributed by atoms with E-state index in [2.05, 4.69) is 26.8 Å². The van der Waals surface area contributed by atoms with Crippen molar-refractivity contribution < 1.29 is 23.8 Å². The van der Waals surface area contributed by atoms with Crippen LogP contribution in [-0.4, -0.2) is 81.2 Å². The Morgan fingerprint density at radius 1 is 1.32 bits per heavy atom. The van der Waals surface area contributed by atoms with E-state index < -0.39 is 23.8 Å². The summed E-state index contributed by atoms with van der Waals surface area (Å²) in [6, 6.07) is 9.03. The van der Waals surface area contributed by atoms with Gasteiger partial charge in [-0.2, -0.15) is 10.4 Å². The van der Waals surface area contributed by atoms with E-state index in [0.29, 0.717) is 41.0 Å². The predicted octanol–water partition coefficient (Wildman–Crippen LogP) is 2.75. The first kappa shape index (κ1) is 26.8. The van der Waals surface area contributed by atoms with E-state index in [1.54, 1.807) is 30.7 Å². The molecule has 1 fully saturated rings. The molecule has 3 heterocycles. The smallest absolute Gasteiger partial charge is 0.409 e. The zero-order valence-corrected chi connectivity index (χ0v) is 21.6. The number of anilines is 1. The molecule has 1 saturated carbocycles. The molecule has 38 heavy (non-hydrogen) atoms. The van der Waals surface area contributed by atoms with Crippen LogP contribution in [-0.2, 0) is 4.74 Å². The van der Waals surface area contributed by atoms with Crippen molar-refractivity contribution in [3.8, 4) is 17.5 Å². The van der Waals surface area contributed by atoms with Crippen molar-refractivity contribution in [3.05, 3.63) is 47.8 Å². The second-order valence-electron chi connectivity index (χ2n) is 10.1. The Kier molecular flexibility index (Phi) is 7.50. The molecule has 12 heteroatoms. The highest BCUT2D eigenvalue weighted by molar-refractivity contribution is 6.00. The van der Waals surface area contributed by atoms with Gasteiger partial charge in [-0.15, -0.1) is 0 Å². The van der Waals surface area contributed by atoms with Crippen LogP contribution in [0.15, 0.2) is 36.7 Å². The molecule has 3 N–H and O–H groups in total. The number of nitrogens with one attached hydrogen (secondary N) is 2. The standard InChI is InChI=1S/C26H30FN7O4/c1-26(2,37)23(27)14-30-24(35)19-13-29-21(22-6-5-17-7-15(11-28)12-31-34(17)22)10-20(19)32-16-8-18(9-16)38-25(36)33(3)4/h5-7,10,12-13,16,18,23,37H,8-9,14H2,1-4H3,(H,29,32)(H,30,35)/t16?,18?,23-/m1/s1. The van der Waals surface area contributed by atoms with E-state index in [4.69, 9.17) is 10.00 Å². The number of pyridine rings is 1. The molecule has 11 nitrogen and oxygen atoms in total. The molecule has 1 aliphatic carbocycles. The summed E-state index contributed by atoms with van der Waals surface area (Å²) >= 11 is 0. The van der Waals surface area contributed by atoms with Gasteiger partial charge in [0.2, 0.25) is 0 Å². The summed E-state index contributed by atoms with van der Waals surface area (Å²) in [7, 11) is 3.22. The number of alkyl halides is 1. The van der Waals surface area contributed by atoms with Crippen molar-refractivity contribution in [3.63, 3.8) is 0 Å². The Labute approximate surface area is 219 Å². The first-order valence-corrected chi connectivity index (χ1v) is 12.1. The van der Waals surface area contributed by atoms with Crippen molar-refractivity contribution in [1.82, 2.24) is 24.8 Å². The molecule has 2 amide bonds. The van der Waals surface area contributed by atoms with E-state index in [-0.39, 0.29) is 24.3 Å². The van der Waals surface area contributed by atoms with Crippen LogP contribution in [0, 0.1) is 11.3 Å². The molecule has 0 saturated heterocycles. The number of rotatable bonds is 8. The van der Waals surface area contributed by atoms with Crippen LogP contribution in [0.25, 0.3) is 16.9 Å². The lowest BCUT2D eigenvalue weighted by Gasteiger charge is -2.36. The van der Waals surface area contributed by atoms with Gasteiger partial charge in [0, 0.05) is 39.2 Å². The summed E-state index contributed by atoms with van der Waals surface area (Å²) in [5, 5.41) is 29.2.